The van der Waals surface area contributed by atoms with E-state index in [0.29, 0.717) is 23.7 Å². The smallest absolute Gasteiger partial charge is 0.257 e. The monoisotopic (exact) mass is 519 g/mol. The lowest BCUT2D eigenvalue weighted by molar-refractivity contribution is -0.129. The number of nitrogens with one attached hydrogen (secondary N) is 1. The van der Waals surface area contributed by atoms with E-state index in [1.807, 2.05) is 42.5 Å². The van der Waals surface area contributed by atoms with E-state index in [0.717, 1.165) is 49.7 Å². The summed E-state index contributed by atoms with van der Waals surface area (Å²) in [6.45, 7) is 1.78. The zero-order valence-electron chi connectivity index (χ0n) is 22.2. The van der Waals surface area contributed by atoms with E-state index >= 15 is 0 Å². The van der Waals surface area contributed by atoms with E-state index in [-0.39, 0.29) is 23.7 Å². The van der Waals surface area contributed by atoms with Gasteiger partial charge in [-0.25, -0.2) is 0 Å². The van der Waals surface area contributed by atoms with Crippen molar-refractivity contribution in [2.45, 2.75) is 63.3 Å². The van der Waals surface area contributed by atoms with Crippen molar-refractivity contribution >= 4 is 11.7 Å². The number of fused-ring (bicyclic) bond motifs is 1. The van der Waals surface area contributed by atoms with Gasteiger partial charge in [-0.05, 0) is 80.2 Å². The molecule has 2 aliphatic carbocycles. The Labute approximate surface area is 228 Å². The molecule has 4 aromatic rings. The van der Waals surface area contributed by atoms with Crippen molar-refractivity contribution in [3.63, 3.8) is 0 Å². The van der Waals surface area contributed by atoms with Crippen molar-refractivity contribution in [2.75, 3.05) is 0 Å². The Morgan fingerprint density at radius 1 is 0.923 bits per heavy atom. The molecule has 0 radical (unpaired) electrons. The number of carbonyl (C=O) groups excluding carboxylic acids is 2. The molecule has 1 amide bonds. The first-order valence-electron chi connectivity index (χ1n) is 13.9. The van der Waals surface area contributed by atoms with Crippen LogP contribution in [0.15, 0.2) is 83.4 Å². The molecule has 1 atom stereocenters. The Hall–Kier alpha value is -4.06. The number of hydrogen-bond acceptors (Lipinski definition) is 5. The summed E-state index contributed by atoms with van der Waals surface area (Å²) in [6, 6.07) is 26.1. The van der Waals surface area contributed by atoms with Gasteiger partial charge in [0.1, 0.15) is 0 Å². The molecule has 1 unspecified atom stereocenters. The van der Waals surface area contributed by atoms with Gasteiger partial charge in [0.15, 0.2) is 11.6 Å². The van der Waals surface area contributed by atoms with Crippen molar-refractivity contribution in [1.82, 2.24) is 15.5 Å². The molecule has 2 aliphatic rings. The van der Waals surface area contributed by atoms with Gasteiger partial charge < -0.3 is 9.84 Å². The third-order valence-electron chi connectivity index (χ3n) is 8.61. The van der Waals surface area contributed by atoms with Crippen molar-refractivity contribution < 1.29 is 14.1 Å². The van der Waals surface area contributed by atoms with Gasteiger partial charge in [0.2, 0.25) is 5.91 Å². The molecule has 6 nitrogen and oxygen atoms in total. The Morgan fingerprint density at radius 2 is 1.64 bits per heavy atom. The minimum absolute atomic E-state index is 0.0626. The first kappa shape index (κ1) is 25.2. The van der Waals surface area contributed by atoms with E-state index in [1.165, 1.54) is 11.1 Å². The number of benzene rings is 3. The van der Waals surface area contributed by atoms with Crippen LogP contribution in [0.3, 0.4) is 0 Å². The molecule has 3 aromatic carbocycles. The summed E-state index contributed by atoms with van der Waals surface area (Å²) in [4.78, 5) is 31.4. The molecule has 6 rings (SSSR count). The van der Waals surface area contributed by atoms with Crippen LogP contribution in [0.4, 0.5) is 0 Å². The van der Waals surface area contributed by atoms with Gasteiger partial charge in [0.05, 0.1) is 11.5 Å². The highest BCUT2D eigenvalue weighted by molar-refractivity contribution is 5.96. The lowest BCUT2D eigenvalue weighted by Crippen LogP contribution is -2.47. The second-order valence-electron chi connectivity index (χ2n) is 11.0. The standard InChI is InChI=1S/C33H33N3O3/c1-22-34-31(39-36-22)26-13-11-25(12-14-26)30(37)21-23-17-19-33(20-18-23,27-8-3-2-4-9-27)32(38)35-29-16-15-24-7-5-6-10-28(24)29/h2-14,23,29H,15-21H2,1H3,(H,35,38). The molecule has 0 saturated heterocycles. The third-order valence-corrected chi connectivity index (χ3v) is 8.61. The summed E-state index contributed by atoms with van der Waals surface area (Å²) in [5, 5.41) is 7.25. The normalized spacial score (nSPS) is 22.3. The average molecular weight is 520 g/mol. The lowest BCUT2D eigenvalue weighted by Gasteiger charge is -2.40. The van der Waals surface area contributed by atoms with Gasteiger partial charge in [0, 0.05) is 17.5 Å². The molecular weight excluding hydrogens is 486 g/mol. The Bertz CT molecular complexity index is 1470. The van der Waals surface area contributed by atoms with E-state index in [1.54, 1.807) is 6.92 Å². The Kier molecular flexibility index (Phi) is 6.86. The van der Waals surface area contributed by atoms with E-state index in [4.69, 9.17) is 4.52 Å². The van der Waals surface area contributed by atoms with Gasteiger partial charge in [-0.1, -0.05) is 71.9 Å². The molecule has 6 heteroatoms. The van der Waals surface area contributed by atoms with Crippen molar-refractivity contribution in [1.29, 1.82) is 0 Å². The SMILES string of the molecule is Cc1noc(-c2ccc(C(=O)CC3CCC(C(=O)NC4CCc5ccccc54)(c4ccccc4)CC3)cc2)n1. The van der Waals surface area contributed by atoms with Crippen LogP contribution in [-0.4, -0.2) is 21.8 Å². The van der Waals surface area contributed by atoms with Crippen LogP contribution >= 0.6 is 0 Å². The highest BCUT2D eigenvalue weighted by atomic mass is 16.5. The topological polar surface area (TPSA) is 85.1 Å². The molecule has 0 aliphatic heterocycles. The molecule has 1 heterocycles. The Morgan fingerprint density at radius 3 is 2.36 bits per heavy atom. The second-order valence-corrected chi connectivity index (χ2v) is 11.0. The van der Waals surface area contributed by atoms with Crippen molar-refractivity contribution in [3.8, 4) is 11.5 Å². The van der Waals surface area contributed by atoms with Crippen molar-refractivity contribution in [2.24, 2.45) is 5.92 Å². The van der Waals surface area contributed by atoms with Crippen LogP contribution in [0, 0.1) is 12.8 Å². The summed E-state index contributed by atoms with van der Waals surface area (Å²) in [6.07, 6.45) is 5.59. The average Bonchev–Trinajstić information content (AvgIpc) is 3.60. The zero-order chi connectivity index (χ0) is 26.8. The van der Waals surface area contributed by atoms with Gasteiger partial charge in [-0.15, -0.1) is 0 Å². The first-order valence-corrected chi connectivity index (χ1v) is 13.9. The van der Waals surface area contributed by atoms with Crippen molar-refractivity contribution in [3.05, 3.63) is 107 Å². The number of nitrogens with zero attached hydrogens (tertiary/aromatic N) is 2. The molecule has 0 bridgehead atoms. The first-order chi connectivity index (χ1) is 19.0. The number of aromatic nitrogens is 2. The maximum absolute atomic E-state index is 14.0. The lowest BCUT2D eigenvalue weighted by atomic mass is 9.65. The maximum atomic E-state index is 14.0. The molecule has 1 N–H and O–H groups in total. The minimum Gasteiger partial charge on any atom is -0.349 e. The highest BCUT2D eigenvalue weighted by Gasteiger charge is 2.44. The number of hydrogen-bond donors (Lipinski definition) is 1. The summed E-state index contributed by atoms with van der Waals surface area (Å²) >= 11 is 0. The number of Topliss-reactive ketones (excluding diaryl/α,β-unsaturated/α-hetero) is 1. The largest absolute Gasteiger partial charge is 0.349 e. The number of rotatable bonds is 7. The predicted octanol–water partition coefficient (Wildman–Crippen LogP) is 6.55. The van der Waals surface area contributed by atoms with Crippen LogP contribution in [0.1, 0.15) is 77.4 Å². The minimum atomic E-state index is -0.567. The van der Waals surface area contributed by atoms with Gasteiger partial charge in [0.25, 0.3) is 5.89 Å². The number of ketones is 1. The van der Waals surface area contributed by atoms with Crippen LogP contribution in [0.2, 0.25) is 0 Å². The van der Waals surface area contributed by atoms with Gasteiger partial charge in [-0.2, -0.15) is 4.98 Å². The Balaban J connectivity index is 1.14. The molecule has 0 spiro atoms. The molecule has 198 valence electrons. The van der Waals surface area contributed by atoms with E-state index in [9.17, 15) is 9.59 Å². The molecule has 1 saturated carbocycles. The fourth-order valence-corrected chi connectivity index (χ4v) is 6.38. The number of aryl methyl sites for hydroxylation is 2. The highest BCUT2D eigenvalue weighted by Crippen LogP contribution is 2.44. The molecule has 1 aromatic heterocycles. The molecule has 39 heavy (non-hydrogen) atoms. The number of carbonyl (C=O) groups is 2. The second kappa shape index (κ2) is 10.6. The van der Waals surface area contributed by atoms with E-state index < -0.39 is 5.41 Å². The van der Waals surface area contributed by atoms with E-state index in [2.05, 4.69) is 51.9 Å². The fourth-order valence-electron chi connectivity index (χ4n) is 6.38. The molecular formula is C33H33N3O3. The quantitative estimate of drug-likeness (QED) is 0.280. The summed E-state index contributed by atoms with van der Waals surface area (Å²) < 4.78 is 5.23. The zero-order valence-corrected chi connectivity index (χ0v) is 22.2. The van der Waals surface area contributed by atoms with Crippen LogP contribution in [-0.2, 0) is 16.6 Å². The van der Waals surface area contributed by atoms with Crippen LogP contribution in [0.5, 0.6) is 0 Å². The summed E-state index contributed by atoms with van der Waals surface area (Å²) in [7, 11) is 0. The van der Waals surface area contributed by atoms with Crippen LogP contribution in [0.25, 0.3) is 11.5 Å². The third kappa shape index (κ3) is 5.03. The van der Waals surface area contributed by atoms with Crippen LogP contribution < -0.4 is 5.32 Å². The predicted molar refractivity (Wildman–Crippen MR) is 149 cm³/mol. The summed E-state index contributed by atoms with van der Waals surface area (Å²) in [5.74, 6) is 1.54. The fraction of sp³-hybridized carbons (Fsp3) is 0.333. The maximum Gasteiger partial charge on any atom is 0.257 e. The number of amides is 1. The van der Waals surface area contributed by atoms with Gasteiger partial charge >= 0.3 is 0 Å². The molecule has 1 fully saturated rings. The van der Waals surface area contributed by atoms with Gasteiger partial charge in [-0.3, -0.25) is 9.59 Å². The summed E-state index contributed by atoms with van der Waals surface area (Å²) in [5.41, 5.74) is 4.57.